The molecule has 1 aromatic rings. The number of hydrogen-bond donors (Lipinski definition) is 1. The van der Waals surface area contributed by atoms with Gasteiger partial charge in [-0.25, -0.2) is 0 Å². The SMILES string of the molecule is CCN(Cc1ccncc1)CC(C)CNC. The van der Waals surface area contributed by atoms with Gasteiger partial charge in [0.05, 0.1) is 0 Å². The lowest BCUT2D eigenvalue weighted by Gasteiger charge is -2.24. The fourth-order valence-electron chi connectivity index (χ4n) is 1.91. The average Bonchev–Trinajstić information content (AvgIpc) is 2.30. The molecule has 0 amide bonds. The van der Waals surface area contributed by atoms with Crippen LogP contribution in [0.5, 0.6) is 0 Å². The van der Waals surface area contributed by atoms with Crippen LogP contribution in [0.1, 0.15) is 19.4 Å². The zero-order valence-electron chi connectivity index (χ0n) is 10.6. The maximum Gasteiger partial charge on any atom is 0.0271 e. The Morgan fingerprint density at radius 3 is 2.62 bits per heavy atom. The fourth-order valence-corrected chi connectivity index (χ4v) is 1.91. The first-order valence-electron chi connectivity index (χ1n) is 6.02. The second kappa shape index (κ2) is 7.36. The van der Waals surface area contributed by atoms with Crippen molar-refractivity contribution < 1.29 is 0 Å². The van der Waals surface area contributed by atoms with E-state index in [1.807, 2.05) is 19.4 Å². The zero-order chi connectivity index (χ0) is 11.8. The van der Waals surface area contributed by atoms with E-state index in [9.17, 15) is 0 Å². The summed E-state index contributed by atoms with van der Waals surface area (Å²) < 4.78 is 0. The highest BCUT2D eigenvalue weighted by atomic mass is 15.1. The molecule has 0 saturated heterocycles. The van der Waals surface area contributed by atoms with E-state index in [1.165, 1.54) is 5.56 Å². The first-order chi connectivity index (χ1) is 7.76. The summed E-state index contributed by atoms with van der Waals surface area (Å²) in [4.78, 5) is 6.51. The maximum atomic E-state index is 4.04. The summed E-state index contributed by atoms with van der Waals surface area (Å²) in [6.45, 7) is 8.83. The summed E-state index contributed by atoms with van der Waals surface area (Å²) in [7, 11) is 2.01. The average molecular weight is 221 g/mol. The minimum atomic E-state index is 0.687. The van der Waals surface area contributed by atoms with E-state index in [0.717, 1.165) is 26.2 Å². The first kappa shape index (κ1) is 13.1. The topological polar surface area (TPSA) is 28.2 Å². The molecule has 90 valence electrons. The summed E-state index contributed by atoms with van der Waals surface area (Å²) in [5.74, 6) is 0.687. The molecule has 0 fully saturated rings. The Balaban J connectivity index is 2.43. The molecule has 1 atom stereocenters. The van der Waals surface area contributed by atoms with Gasteiger partial charge in [0, 0.05) is 25.5 Å². The van der Waals surface area contributed by atoms with E-state index in [0.29, 0.717) is 5.92 Å². The largest absolute Gasteiger partial charge is 0.319 e. The Kier molecular flexibility index (Phi) is 6.04. The summed E-state index contributed by atoms with van der Waals surface area (Å²) >= 11 is 0. The van der Waals surface area contributed by atoms with Crippen LogP contribution < -0.4 is 5.32 Å². The second-order valence-electron chi connectivity index (χ2n) is 4.35. The van der Waals surface area contributed by atoms with Gasteiger partial charge in [0.15, 0.2) is 0 Å². The summed E-state index contributed by atoms with van der Waals surface area (Å²) in [6, 6.07) is 4.18. The molecule has 0 bridgehead atoms. The van der Waals surface area contributed by atoms with Gasteiger partial charge in [-0.2, -0.15) is 0 Å². The van der Waals surface area contributed by atoms with Crippen LogP contribution in [0.25, 0.3) is 0 Å². The third-order valence-electron chi connectivity index (χ3n) is 2.73. The third kappa shape index (κ3) is 4.73. The van der Waals surface area contributed by atoms with Crippen LogP contribution in [-0.2, 0) is 6.54 Å². The number of aromatic nitrogens is 1. The van der Waals surface area contributed by atoms with Crippen LogP contribution in [0.3, 0.4) is 0 Å². The van der Waals surface area contributed by atoms with Crippen molar-refractivity contribution in [2.24, 2.45) is 5.92 Å². The predicted molar refractivity (Wildman–Crippen MR) is 68.3 cm³/mol. The van der Waals surface area contributed by atoms with Crippen molar-refractivity contribution >= 4 is 0 Å². The van der Waals surface area contributed by atoms with Gasteiger partial charge in [-0.05, 0) is 43.8 Å². The summed E-state index contributed by atoms with van der Waals surface area (Å²) in [5, 5.41) is 3.22. The molecule has 16 heavy (non-hydrogen) atoms. The lowest BCUT2D eigenvalue weighted by atomic mass is 10.1. The van der Waals surface area contributed by atoms with Crippen LogP contribution in [-0.4, -0.2) is 36.6 Å². The number of pyridine rings is 1. The molecule has 3 nitrogen and oxygen atoms in total. The van der Waals surface area contributed by atoms with Gasteiger partial charge in [0.2, 0.25) is 0 Å². The molecule has 0 aliphatic rings. The van der Waals surface area contributed by atoms with Gasteiger partial charge in [-0.15, -0.1) is 0 Å². The summed E-state index contributed by atoms with van der Waals surface area (Å²) in [6.07, 6.45) is 3.72. The Labute approximate surface area is 98.9 Å². The Morgan fingerprint density at radius 1 is 1.38 bits per heavy atom. The molecular formula is C13H23N3. The minimum absolute atomic E-state index is 0.687. The van der Waals surface area contributed by atoms with Crippen LogP contribution in [0, 0.1) is 5.92 Å². The number of rotatable bonds is 7. The highest BCUT2D eigenvalue weighted by Gasteiger charge is 2.08. The molecule has 1 N–H and O–H groups in total. The van der Waals surface area contributed by atoms with Crippen LogP contribution in [0.15, 0.2) is 24.5 Å². The number of hydrogen-bond acceptors (Lipinski definition) is 3. The van der Waals surface area contributed by atoms with Crippen LogP contribution in [0.2, 0.25) is 0 Å². The quantitative estimate of drug-likeness (QED) is 0.760. The van der Waals surface area contributed by atoms with Crippen molar-refractivity contribution in [3.05, 3.63) is 30.1 Å². The third-order valence-corrected chi connectivity index (χ3v) is 2.73. The van der Waals surface area contributed by atoms with Gasteiger partial charge in [0.25, 0.3) is 0 Å². The van der Waals surface area contributed by atoms with E-state index < -0.39 is 0 Å². The second-order valence-corrected chi connectivity index (χ2v) is 4.35. The maximum absolute atomic E-state index is 4.04. The standard InChI is InChI=1S/C13H23N3/c1-4-16(10-12(2)9-14-3)11-13-5-7-15-8-6-13/h5-8,12,14H,4,9-11H2,1-3H3. The molecule has 1 aromatic heterocycles. The molecule has 1 unspecified atom stereocenters. The first-order valence-corrected chi connectivity index (χ1v) is 6.02. The summed E-state index contributed by atoms with van der Waals surface area (Å²) in [5.41, 5.74) is 1.34. The van der Waals surface area contributed by atoms with Crippen LogP contribution >= 0.6 is 0 Å². The van der Waals surface area contributed by atoms with E-state index in [4.69, 9.17) is 0 Å². The van der Waals surface area contributed by atoms with Crippen LogP contribution in [0.4, 0.5) is 0 Å². The molecule has 0 saturated carbocycles. The molecule has 1 heterocycles. The molecule has 0 spiro atoms. The molecule has 3 heteroatoms. The molecule has 1 rings (SSSR count). The van der Waals surface area contributed by atoms with Gasteiger partial charge < -0.3 is 5.32 Å². The fraction of sp³-hybridized carbons (Fsp3) is 0.615. The zero-order valence-corrected chi connectivity index (χ0v) is 10.6. The highest BCUT2D eigenvalue weighted by molar-refractivity contribution is 5.09. The van der Waals surface area contributed by atoms with Crippen molar-refractivity contribution in [1.82, 2.24) is 15.2 Å². The lowest BCUT2D eigenvalue weighted by Crippen LogP contribution is -2.32. The van der Waals surface area contributed by atoms with E-state index in [1.54, 1.807) is 0 Å². The van der Waals surface area contributed by atoms with Crippen molar-refractivity contribution in [2.75, 3.05) is 26.7 Å². The molecule has 0 aromatic carbocycles. The van der Waals surface area contributed by atoms with Gasteiger partial charge in [-0.1, -0.05) is 13.8 Å². The Morgan fingerprint density at radius 2 is 2.06 bits per heavy atom. The highest BCUT2D eigenvalue weighted by Crippen LogP contribution is 2.05. The lowest BCUT2D eigenvalue weighted by molar-refractivity contribution is 0.239. The molecule has 0 aliphatic heterocycles. The van der Waals surface area contributed by atoms with E-state index >= 15 is 0 Å². The Hall–Kier alpha value is -0.930. The number of nitrogens with zero attached hydrogens (tertiary/aromatic N) is 2. The van der Waals surface area contributed by atoms with Gasteiger partial charge >= 0.3 is 0 Å². The molecular weight excluding hydrogens is 198 g/mol. The predicted octanol–water partition coefficient (Wildman–Crippen LogP) is 1.76. The van der Waals surface area contributed by atoms with Gasteiger partial charge in [-0.3, -0.25) is 9.88 Å². The van der Waals surface area contributed by atoms with Crippen molar-refractivity contribution in [1.29, 1.82) is 0 Å². The normalized spacial score (nSPS) is 13.0. The smallest absolute Gasteiger partial charge is 0.0271 e. The molecule has 0 aliphatic carbocycles. The van der Waals surface area contributed by atoms with Crippen molar-refractivity contribution in [3.8, 4) is 0 Å². The Bertz CT molecular complexity index is 274. The van der Waals surface area contributed by atoms with E-state index in [-0.39, 0.29) is 0 Å². The molecule has 0 radical (unpaired) electrons. The van der Waals surface area contributed by atoms with Gasteiger partial charge in [0.1, 0.15) is 0 Å². The van der Waals surface area contributed by atoms with E-state index in [2.05, 4.69) is 41.2 Å². The minimum Gasteiger partial charge on any atom is -0.319 e. The number of nitrogens with one attached hydrogen (secondary N) is 1. The monoisotopic (exact) mass is 221 g/mol. The van der Waals surface area contributed by atoms with Crippen molar-refractivity contribution in [3.63, 3.8) is 0 Å². The van der Waals surface area contributed by atoms with Crippen molar-refractivity contribution in [2.45, 2.75) is 20.4 Å².